The molecule has 0 unspecified atom stereocenters. The molecule has 0 bridgehead atoms. The summed E-state index contributed by atoms with van der Waals surface area (Å²) in [4.78, 5) is 13.8. The molecule has 0 radical (unpaired) electrons. The highest BCUT2D eigenvalue weighted by Gasteiger charge is 2.32. The molecule has 7 heteroatoms. The summed E-state index contributed by atoms with van der Waals surface area (Å²) in [5.41, 5.74) is -0.633. The summed E-state index contributed by atoms with van der Waals surface area (Å²) >= 11 is 0. The van der Waals surface area contributed by atoms with Gasteiger partial charge in [-0.15, -0.1) is 13.2 Å². The van der Waals surface area contributed by atoms with E-state index in [9.17, 15) is 18.0 Å². The van der Waals surface area contributed by atoms with E-state index in [4.69, 9.17) is 5.26 Å². The van der Waals surface area contributed by atoms with Crippen molar-refractivity contribution in [2.24, 2.45) is 0 Å². The number of nitrogens with zero attached hydrogens (tertiary/aromatic N) is 2. The van der Waals surface area contributed by atoms with Crippen molar-refractivity contribution >= 4 is 6.29 Å². The fourth-order valence-electron chi connectivity index (χ4n) is 0.810. The van der Waals surface area contributed by atoms with Gasteiger partial charge in [0.2, 0.25) is 0 Å². The summed E-state index contributed by atoms with van der Waals surface area (Å²) in [6.07, 6.45) is -3.91. The van der Waals surface area contributed by atoms with Gasteiger partial charge in [-0.05, 0) is 0 Å². The van der Waals surface area contributed by atoms with Gasteiger partial charge < -0.3 is 4.74 Å². The highest BCUT2D eigenvalue weighted by molar-refractivity contribution is 5.78. The molecule has 0 atom stereocenters. The third-order valence-corrected chi connectivity index (χ3v) is 1.36. The van der Waals surface area contributed by atoms with Crippen molar-refractivity contribution in [1.82, 2.24) is 4.98 Å². The van der Waals surface area contributed by atoms with Gasteiger partial charge in [0.1, 0.15) is 17.5 Å². The molecule has 1 aromatic heterocycles. The molecule has 0 N–H and O–H groups in total. The zero-order valence-electron chi connectivity index (χ0n) is 7.08. The standard InChI is InChI=1S/C8H3F3N2O2/c9-8(10,11)15-7-1-6(2-12)13-3-5(7)4-14/h1,3-4H. The largest absolute Gasteiger partial charge is 0.573 e. The maximum absolute atomic E-state index is 11.9. The number of aldehydes is 1. The van der Waals surface area contributed by atoms with E-state index >= 15 is 0 Å². The fourth-order valence-corrected chi connectivity index (χ4v) is 0.810. The van der Waals surface area contributed by atoms with Crippen LogP contribution in [0.4, 0.5) is 13.2 Å². The SMILES string of the molecule is N#Cc1cc(OC(F)(F)F)c(C=O)cn1. The van der Waals surface area contributed by atoms with E-state index < -0.39 is 12.1 Å². The molecule has 0 aliphatic heterocycles. The first-order valence-corrected chi connectivity index (χ1v) is 3.57. The quantitative estimate of drug-likeness (QED) is 0.705. The van der Waals surface area contributed by atoms with Crippen molar-refractivity contribution in [2.75, 3.05) is 0 Å². The van der Waals surface area contributed by atoms with Crippen molar-refractivity contribution in [2.45, 2.75) is 6.36 Å². The number of hydrogen-bond donors (Lipinski definition) is 0. The minimum absolute atomic E-state index is 0.162. The normalized spacial score (nSPS) is 10.5. The molecule has 0 amide bonds. The van der Waals surface area contributed by atoms with E-state index in [1.54, 1.807) is 0 Å². The lowest BCUT2D eigenvalue weighted by Gasteiger charge is -2.09. The second kappa shape index (κ2) is 3.96. The summed E-state index contributed by atoms with van der Waals surface area (Å²) in [7, 11) is 0. The number of carbonyl (C=O) groups is 1. The smallest absolute Gasteiger partial charge is 0.405 e. The van der Waals surface area contributed by atoms with Crippen LogP contribution in [0.25, 0.3) is 0 Å². The number of rotatable bonds is 2. The molecular weight excluding hydrogens is 213 g/mol. The number of hydrogen-bond acceptors (Lipinski definition) is 4. The average Bonchev–Trinajstić information content (AvgIpc) is 2.15. The number of carbonyl (C=O) groups excluding carboxylic acids is 1. The molecule has 0 saturated carbocycles. The summed E-state index contributed by atoms with van der Waals surface area (Å²) in [6, 6.07) is 2.28. The Kier molecular flexibility index (Phi) is 2.90. The van der Waals surface area contributed by atoms with Crippen LogP contribution in [0.1, 0.15) is 16.1 Å². The van der Waals surface area contributed by atoms with Crippen LogP contribution in [0, 0.1) is 11.3 Å². The van der Waals surface area contributed by atoms with E-state index in [0.717, 1.165) is 12.3 Å². The van der Waals surface area contributed by atoms with Crippen molar-refractivity contribution < 1.29 is 22.7 Å². The van der Waals surface area contributed by atoms with E-state index in [1.807, 2.05) is 0 Å². The summed E-state index contributed by atoms with van der Waals surface area (Å²) in [6.45, 7) is 0. The Morgan fingerprint density at radius 2 is 2.20 bits per heavy atom. The van der Waals surface area contributed by atoms with Crippen molar-refractivity contribution in [1.29, 1.82) is 5.26 Å². The molecule has 78 valence electrons. The third kappa shape index (κ3) is 2.95. The molecule has 1 rings (SSSR count). The van der Waals surface area contributed by atoms with Gasteiger partial charge in [-0.25, -0.2) is 4.98 Å². The van der Waals surface area contributed by atoms with Crippen molar-refractivity contribution in [3.63, 3.8) is 0 Å². The molecule has 0 aliphatic carbocycles. The van der Waals surface area contributed by atoms with Gasteiger partial charge in [0.25, 0.3) is 0 Å². The van der Waals surface area contributed by atoms with E-state index in [0.29, 0.717) is 0 Å². The van der Waals surface area contributed by atoms with Gasteiger partial charge in [-0.3, -0.25) is 4.79 Å². The zero-order chi connectivity index (χ0) is 11.5. The van der Waals surface area contributed by atoms with Crippen LogP contribution in [0.3, 0.4) is 0 Å². The number of aromatic nitrogens is 1. The van der Waals surface area contributed by atoms with Gasteiger partial charge in [-0.1, -0.05) is 0 Å². The molecule has 1 aromatic rings. The van der Waals surface area contributed by atoms with Gasteiger partial charge >= 0.3 is 6.36 Å². The predicted octanol–water partition coefficient (Wildman–Crippen LogP) is 1.66. The molecule has 15 heavy (non-hydrogen) atoms. The monoisotopic (exact) mass is 216 g/mol. The van der Waals surface area contributed by atoms with Crippen LogP contribution in [-0.4, -0.2) is 17.6 Å². The van der Waals surface area contributed by atoms with E-state index in [1.165, 1.54) is 6.07 Å². The Morgan fingerprint density at radius 3 is 2.67 bits per heavy atom. The minimum Gasteiger partial charge on any atom is -0.405 e. The molecule has 0 saturated heterocycles. The zero-order valence-corrected chi connectivity index (χ0v) is 7.08. The molecule has 0 aromatic carbocycles. The van der Waals surface area contributed by atoms with Crippen LogP contribution in [0.2, 0.25) is 0 Å². The Bertz CT molecular complexity index is 423. The van der Waals surface area contributed by atoms with E-state index in [2.05, 4.69) is 9.72 Å². The van der Waals surface area contributed by atoms with Crippen LogP contribution < -0.4 is 4.74 Å². The first kappa shape index (κ1) is 11.0. The Balaban J connectivity index is 3.13. The first-order chi connectivity index (χ1) is 6.96. The lowest BCUT2D eigenvalue weighted by molar-refractivity contribution is -0.274. The topological polar surface area (TPSA) is 63.0 Å². The lowest BCUT2D eigenvalue weighted by Crippen LogP contribution is -2.18. The Morgan fingerprint density at radius 1 is 1.53 bits per heavy atom. The Hall–Kier alpha value is -2.10. The molecule has 4 nitrogen and oxygen atoms in total. The number of ether oxygens (including phenoxy) is 1. The maximum Gasteiger partial charge on any atom is 0.573 e. The van der Waals surface area contributed by atoms with Gasteiger partial charge in [0.15, 0.2) is 6.29 Å². The van der Waals surface area contributed by atoms with Crippen LogP contribution >= 0.6 is 0 Å². The summed E-state index contributed by atoms with van der Waals surface area (Å²) in [5, 5.41) is 8.39. The predicted molar refractivity (Wildman–Crippen MR) is 41.0 cm³/mol. The van der Waals surface area contributed by atoms with Crippen LogP contribution in [0.15, 0.2) is 12.3 Å². The number of halogens is 3. The first-order valence-electron chi connectivity index (χ1n) is 3.57. The number of pyridine rings is 1. The van der Waals surface area contributed by atoms with Crippen LogP contribution in [-0.2, 0) is 0 Å². The molecule has 1 heterocycles. The highest BCUT2D eigenvalue weighted by Crippen LogP contribution is 2.25. The summed E-state index contributed by atoms with van der Waals surface area (Å²) < 4.78 is 39.1. The second-order valence-corrected chi connectivity index (χ2v) is 2.38. The third-order valence-electron chi connectivity index (χ3n) is 1.36. The average molecular weight is 216 g/mol. The molecule has 0 spiro atoms. The van der Waals surface area contributed by atoms with Crippen molar-refractivity contribution in [3.05, 3.63) is 23.5 Å². The second-order valence-electron chi connectivity index (χ2n) is 2.38. The number of nitriles is 1. The minimum atomic E-state index is -4.91. The maximum atomic E-state index is 11.9. The van der Waals surface area contributed by atoms with Crippen LogP contribution in [0.5, 0.6) is 5.75 Å². The number of alkyl halides is 3. The van der Waals surface area contributed by atoms with Gasteiger partial charge in [-0.2, -0.15) is 5.26 Å². The molecule has 0 fully saturated rings. The summed E-state index contributed by atoms with van der Waals surface area (Å²) in [5.74, 6) is -0.732. The van der Waals surface area contributed by atoms with Crippen molar-refractivity contribution in [3.8, 4) is 11.8 Å². The van der Waals surface area contributed by atoms with Gasteiger partial charge in [0.05, 0.1) is 5.56 Å². The molecular formula is C8H3F3N2O2. The van der Waals surface area contributed by atoms with E-state index in [-0.39, 0.29) is 17.5 Å². The Labute approximate surface area is 81.9 Å². The fraction of sp³-hybridized carbons (Fsp3) is 0.125. The highest BCUT2D eigenvalue weighted by atomic mass is 19.4. The lowest BCUT2D eigenvalue weighted by atomic mass is 10.2. The van der Waals surface area contributed by atoms with Gasteiger partial charge in [0, 0.05) is 12.3 Å². The molecule has 0 aliphatic rings.